The Labute approximate surface area is 106 Å². The van der Waals surface area contributed by atoms with Crippen LogP contribution in [-0.2, 0) is 9.59 Å². The predicted octanol–water partition coefficient (Wildman–Crippen LogP) is 2.66. The van der Waals surface area contributed by atoms with Crippen molar-refractivity contribution in [3.63, 3.8) is 0 Å². The lowest BCUT2D eigenvalue weighted by Crippen LogP contribution is -2.16. The van der Waals surface area contributed by atoms with E-state index < -0.39 is 5.97 Å². The third-order valence-electron chi connectivity index (χ3n) is 2.70. The van der Waals surface area contributed by atoms with Crippen molar-refractivity contribution in [3.05, 3.63) is 40.5 Å². The third-order valence-corrected chi connectivity index (χ3v) is 2.70. The van der Waals surface area contributed by atoms with Crippen molar-refractivity contribution < 1.29 is 14.7 Å². The number of hydrogen-bond acceptors (Lipinski definition) is 2. The number of carbonyl (C=O) groups is 2. The van der Waals surface area contributed by atoms with Gasteiger partial charge in [-0.05, 0) is 51.0 Å². The van der Waals surface area contributed by atoms with Crippen LogP contribution < -0.4 is 5.32 Å². The Morgan fingerprint density at radius 3 is 1.94 bits per heavy atom. The minimum Gasteiger partial charge on any atom is -0.478 e. The quantitative estimate of drug-likeness (QED) is 0.807. The van der Waals surface area contributed by atoms with Crippen molar-refractivity contribution in [1.29, 1.82) is 0 Å². The lowest BCUT2D eigenvalue weighted by Gasteiger charge is -2.08. The molecule has 0 aliphatic heterocycles. The molecular formula is C14H17NO3. The Bertz CT molecular complexity index is 510. The summed E-state index contributed by atoms with van der Waals surface area (Å²) in [5, 5.41) is 11.5. The highest BCUT2D eigenvalue weighted by molar-refractivity contribution is 6.08. The first-order valence-corrected chi connectivity index (χ1v) is 5.61. The number of anilines is 1. The van der Waals surface area contributed by atoms with Crippen LogP contribution in [0.25, 0.3) is 0 Å². The lowest BCUT2D eigenvalue weighted by molar-refractivity contribution is -0.133. The van der Waals surface area contributed by atoms with Gasteiger partial charge in [0.05, 0.1) is 0 Å². The normalized spacial score (nSPS) is 11.8. The summed E-state index contributed by atoms with van der Waals surface area (Å²) in [5.41, 5.74) is 3.03. The minimum atomic E-state index is -1.08. The summed E-state index contributed by atoms with van der Waals surface area (Å²) in [6, 6.07) is 5.68. The number of nitrogens with one attached hydrogen (secondary N) is 1. The van der Waals surface area contributed by atoms with E-state index in [2.05, 4.69) is 5.32 Å². The van der Waals surface area contributed by atoms with Crippen molar-refractivity contribution in [2.45, 2.75) is 27.7 Å². The highest BCUT2D eigenvalue weighted by Gasteiger charge is 2.12. The van der Waals surface area contributed by atoms with Crippen LogP contribution in [0.3, 0.4) is 0 Å². The molecule has 0 aromatic heterocycles. The molecule has 0 fully saturated rings. The Kier molecular flexibility index (Phi) is 4.26. The van der Waals surface area contributed by atoms with Crippen molar-refractivity contribution >= 4 is 17.6 Å². The molecular weight excluding hydrogens is 230 g/mol. The van der Waals surface area contributed by atoms with E-state index in [1.165, 1.54) is 13.8 Å². The molecule has 0 aliphatic carbocycles. The van der Waals surface area contributed by atoms with Crippen molar-refractivity contribution in [2.24, 2.45) is 0 Å². The number of hydrogen-bond donors (Lipinski definition) is 2. The van der Waals surface area contributed by atoms with Crippen molar-refractivity contribution in [3.8, 4) is 0 Å². The Hall–Kier alpha value is -2.10. The first kappa shape index (κ1) is 14.0. The zero-order valence-electron chi connectivity index (χ0n) is 11.0. The van der Waals surface area contributed by atoms with Gasteiger partial charge in [0.2, 0.25) is 0 Å². The van der Waals surface area contributed by atoms with Crippen LogP contribution in [0.1, 0.15) is 25.0 Å². The zero-order chi connectivity index (χ0) is 13.9. The average molecular weight is 247 g/mol. The summed E-state index contributed by atoms with van der Waals surface area (Å²) < 4.78 is 0. The summed E-state index contributed by atoms with van der Waals surface area (Å²) in [6.45, 7) is 6.79. The first-order valence-electron chi connectivity index (χ1n) is 5.61. The fourth-order valence-electron chi connectivity index (χ4n) is 1.60. The molecule has 1 aromatic rings. The van der Waals surface area contributed by atoms with Gasteiger partial charge < -0.3 is 10.4 Å². The van der Waals surface area contributed by atoms with E-state index in [0.717, 1.165) is 11.1 Å². The molecule has 4 nitrogen and oxygen atoms in total. The summed E-state index contributed by atoms with van der Waals surface area (Å²) in [5.74, 6) is -1.47. The zero-order valence-corrected chi connectivity index (χ0v) is 11.0. The van der Waals surface area contributed by atoms with Crippen LogP contribution in [0.15, 0.2) is 29.3 Å². The molecule has 1 aromatic carbocycles. The number of rotatable bonds is 3. The van der Waals surface area contributed by atoms with E-state index in [4.69, 9.17) is 5.11 Å². The van der Waals surface area contributed by atoms with Crippen LogP contribution >= 0.6 is 0 Å². The summed E-state index contributed by atoms with van der Waals surface area (Å²) >= 11 is 0. The van der Waals surface area contributed by atoms with Gasteiger partial charge in [-0.3, -0.25) is 4.79 Å². The standard InChI is InChI=1S/C14H17NO3/c1-8-5-9(2)7-12(6-8)15-13(16)10(3)11(4)14(17)18/h5-7H,1-4H3,(H,15,16)(H,17,18). The smallest absolute Gasteiger partial charge is 0.331 e. The number of benzene rings is 1. The molecule has 0 saturated carbocycles. The molecule has 0 saturated heterocycles. The minimum absolute atomic E-state index is 0.0527. The van der Waals surface area contributed by atoms with Crippen molar-refractivity contribution in [1.82, 2.24) is 0 Å². The lowest BCUT2D eigenvalue weighted by atomic mass is 10.1. The van der Waals surface area contributed by atoms with E-state index in [1.807, 2.05) is 32.0 Å². The molecule has 0 radical (unpaired) electrons. The fourth-order valence-corrected chi connectivity index (χ4v) is 1.60. The van der Waals surface area contributed by atoms with Crippen molar-refractivity contribution in [2.75, 3.05) is 5.32 Å². The van der Waals surface area contributed by atoms with Gasteiger partial charge in [-0.1, -0.05) is 6.07 Å². The van der Waals surface area contributed by atoms with E-state index in [-0.39, 0.29) is 17.1 Å². The average Bonchev–Trinajstić information content (AvgIpc) is 2.25. The monoisotopic (exact) mass is 247 g/mol. The van der Waals surface area contributed by atoms with Gasteiger partial charge in [-0.15, -0.1) is 0 Å². The molecule has 0 heterocycles. The topological polar surface area (TPSA) is 66.4 Å². The van der Waals surface area contributed by atoms with Gasteiger partial charge in [0.25, 0.3) is 5.91 Å². The Morgan fingerprint density at radius 1 is 1.00 bits per heavy atom. The fraction of sp³-hybridized carbons (Fsp3) is 0.286. The van der Waals surface area contributed by atoms with Crippen LogP contribution in [0.2, 0.25) is 0 Å². The summed E-state index contributed by atoms with van der Waals surface area (Å²) in [7, 11) is 0. The van der Waals surface area contributed by atoms with E-state index in [9.17, 15) is 9.59 Å². The van der Waals surface area contributed by atoms with Gasteiger partial charge in [0.15, 0.2) is 0 Å². The molecule has 96 valence electrons. The van der Waals surface area contributed by atoms with Crippen LogP contribution in [0, 0.1) is 13.8 Å². The molecule has 1 rings (SSSR count). The number of carboxylic acid groups (broad SMARTS) is 1. The van der Waals surface area contributed by atoms with E-state index >= 15 is 0 Å². The molecule has 4 heteroatoms. The van der Waals surface area contributed by atoms with Gasteiger partial charge in [-0.2, -0.15) is 0 Å². The van der Waals surface area contributed by atoms with Gasteiger partial charge >= 0.3 is 5.97 Å². The SMILES string of the molecule is CC(C(=O)O)=C(C)C(=O)Nc1cc(C)cc(C)c1. The van der Waals surface area contributed by atoms with Crippen LogP contribution in [0.4, 0.5) is 5.69 Å². The largest absolute Gasteiger partial charge is 0.478 e. The Morgan fingerprint density at radius 2 is 1.50 bits per heavy atom. The maximum atomic E-state index is 11.8. The van der Waals surface area contributed by atoms with E-state index in [1.54, 1.807) is 0 Å². The number of amides is 1. The molecule has 2 N–H and O–H groups in total. The Balaban J connectivity index is 2.95. The maximum Gasteiger partial charge on any atom is 0.331 e. The van der Waals surface area contributed by atoms with Gasteiger partial charge in [-0.25, -0.2) is 4.79 Å². The highest BCUT2D eigenvalue weighted by Crippen LogP contribution is 2.15. The molecule has 1 amide bonds. The molecule has 0 aliphatic rings. The third kappa shape index (κ3) is 3.45. The molecule has 0 unspecified atom stereocenters. The predicted molar refractivity (Wildman–Crippen MR) is 70.6 cm³/mol. The second kappa shape index (κ2) is 5.49. The van der Waals surface area contributed by atoms with E-state index in [0.29, 0.717) is 5.69 Å². The first-order chi connectivity index (χ1) is 8.31. The highest BCUT2D eigenvalue weighted by atomic mass is 16.4. The number of aryl methyl sites for hydroxylation is 2. The molecule has 0 bridgehead atoms. The number of carboxylic acids is 1. The van der Waals surface area contributed by atoms with Gasteiger partial charge in [0, 0.05) is 16.8 Å². The number of carbonyl (C=O) groups excluding carboxylic acids is 1. The second-order valence-corrected chi connectivity index (χ2v) is 4.39. The summed E-state index contributed by atoms with van der Waals surface area (Å²) in [6.07, 6.45) is 0. The molecule has 0 spiro atoms. The maximum absolute atomic E-state index is 11.8. The van der Waals surface area contributed by atoms with Gasteiger partial charge in [0.1, 0.15) is 0 Å². The van der Waals surface area contributed by atoms with Crippen LogP contribution in [0.5, 0.6) is 0 Å². The second-order valence-electron chi connectivity index (χ2n) is 4.39. The number of aliphatic carboxylic acids is 1. The molecule has 18 heavy (non-hydrogen) atoms. The molecule has 0 atom stereocenters. The van der Waals surface area contributed by atoms with Crippen LogP contribution in [-0.4, -0.2) is 17.0 Å². The summed E-state index contributed by atoms with van der Waals surface area (Å²) in [4.78, 5) is 22.6.